The van der Waals surface area contributed by atoms with E-state index in [4.69, 9.17) is 5.73 Å². The zero-order valence-corrected chi connectivity index (χ0v) is 10.7. The fourth-order valence-corrected chi connectivity index (χ4v) is 2.33. The Morgan fingerprint density at radius 1 is 0.800 bits per heavy atom. The van der Waals surface area contributed by atoms with Gasteiger partial charge in [-0.3, -0.25) is 0 Å². The van der Waals surface area contributed by atoms with Crippen molar-refractivity contribution in [2.45, 2.75) is 6.04 Å². The van der Waals surface area contributed by atoms with Crippen molar-refractivity contribution in [2.24, 2.45) is 5.73 Å². The molecule has 0 radical (unpaired) electrons. The van der Waals surface area contributed by atoms with Crippen LogP contribution in [0.5, 0.6) is 0 Å². The van der Waals surface area contributed by atoms with E-state index in [2.05, 4.69) is 0 Å². The van der Waals surface area contributed by atoms with Crippen molar-refractivity contribution >= 4 is 10.8 Å². The van der Waals surface area contributed by atoms with Crippen LogP contribution >= 0.6 is 0 Å². The molecule has 3 aromatic carbocycles. The Morgan fingerprint density at radius 2 is 1.55 bits per heavy atom. The topological polar surface area (TPSA) is 26.0 Å². The summed E-state index contributed by atoms with van der Waals surface area (Å²) >= 11 is 0. The van der Waals surface area contributed by atoms with Gasteiger partial charge in [-0.1, -0.05) is 36.4 Å². The molecule has 1 atom stereocenters. The van der Waals surface area contributed by atoms with E-state index in [0.29, 0.717) is 0 Å². The van der Waals surface area contributed by atoms with Crippen LogP contribution in [0.3, 0.4) is 0 Å². The van der Waals surface area contributed by atoms with Gasteiger partial charge in [0.2, 0.25) is 0 Å². The number of nitrogens with two attached hydrogens (primary N) is 1. The molecule has 3 rings (SSSR count). The van der Waals surface area contributed by atoms with Crippen molar-refractivity contribution in [1.29, 1.82) is 0 Å². The normalized spacial score (nSPS) is 12.6. The lowest BCUT2D eigenvalue weighted by Crippen LogP contribution is -2.14. The first-order valence-electron chi connectivity index (χ1n) is 6.34. The lowest BCUT2D eigenvalue weighted by molar-refractivity contribution is 0.577. The average molecular weight is 269 g/mol. The largest absolute Gasteiger partial charge is 0.320 e. The van der Waals surface area contributed by atoms with E-state index >= 15 is 0 Å². The SMILES string of the molecule is NC(c1ccc2ccccc2c1)c1cc(F)ccc1F. The molecule has 0 saturated heterocycles. The lowest BCUT2D eigenvalue weighted by Gasteiger charge is -2.14. The summed E-state index contributed by atoms with van der Waals surface area (Å²) in [5.74, 6) is -0.982. The fraction of sp³-hybridized carbons (Fsp3) is 0.0588. The van der Waals surface area contributed by atoms with Gasteiger partial charge < -0.3 is 5.73 Å². The molecule has 3 heteroatoms. The average Bonchev–Trinajstić information content (AvgIpc) is 2.48. The summed E-state index contributed by atoms with van der Waals surface area (Å²) in [7, 11) is 0. The number of benzene rings is 3. The third kappa shape index (κ3) is 2.28. The summed E-state index contributed by atoms with van der Waals surface area (Å²) in [6.45, 7) is 0. The second kappa shape index (κ2) is 5.02. The summed E-state index contributed by atoms with van der Waals surface area (Å²) in [5, 5.41) is 2.11. The van der Waals surface area contributed by atoms with Crippen molar-refractivity contribution in [3.8, 4) is 0 Å². The van der Waals surface area contributed by atoms with E-state index in [1.54, 1.807) is 0 Å². The molecule has 20 heavy (non-hydrogen) atoms. The molecular formula is C17H13F2N. The molecule has 0 aliphatic heterocycles. The van der Waals surface area contributed by atoms with Gasteiger partial charge >= 0.3 is 0 Å². The molecule has 0 saturated carbocycles. The van der Waals surface area contributed by atoms with Crippen LogP contribution in [0.15, 0.2) is 60.7 Å². The van der Waals surface area contributed by atoms with Crippen LogP contribution in [-0.4, -0.2) is 0 Å². The highest BCUT2D eigenvalue weighted by Crippen LogP contribution is 2.26. The highest BCUT2D eigenvalue weighted by atomic mass is 19.1. The molecule has 0 amide bonds. The van der Waals surface area contributed by atoms with Gasteiger partial charge in [-0.2, -0.15) is 0 Å². The quantitative estimate of drug-likeness (QED) is 0.742. The number of rotatable bonds is 2. The lowest BCUT2D eigenvalue weighted by atomic mass is 9.96. The molecule has 0 aliphatic carbocycles. The van der Waals surface area contributed by atoms with E-state index in [1.165, 1.54) is 0 Å². The number of halogens is 2. The van der Waals surface area contributed by atoms with E-state index in [9.17, 15) is 8.78 Å². The van der Waals surface area contributed by atoms with E-state index < -0.39 is 17.7 Å². The molecule has 2 N–H and O–H groups in total. The maximum atomic E-state index is 13.8. The van der Waals surface area contributed by atoms with Crippen molar-refractivity contribution in [3.63, 3.8) is 0 Å². The summed E-state index contributed by atoms with van der Waals surface area (Å²) in [4.78, 5) is 0. The fourth-order valence-electron chi connectivity index (χ4n) is 2.33. The van der Waals surface area contributed by atoms with Gasteiger partial charge in [0.25, 0.3) is 0 Å². The maximum Gasteiger partial charge on any atom is 0.128 e. The number of hydrogen-bond donors (Lipinski definition) is 1. The van der Waals surface area contributed by atoms with Gasteiger partial charge in [0, 0.05) is 5.56 Å². The molecule has 100 valence electrons. The van der Waals surface area contributed by atoms with Gasteiger partial charge in [-0.25, -0.2) is 8.78 Å². The summed E-state index contributed by atoms with van der Waals surface area (Å²) in [6.07, 6.45) is 0. The molecule has 0 aromatic heterocycles. The second-order valence-corrected chi connectivity index (χ2v) is 4.75. The van der Waals surface area contributed by atoms with Gasteiger partial charge in [0.05, 0.1) is 6.04 Å². The van der Waals surface area contributed by atoms with Crippen LogP contribution in [0.4, 0.5) is 8.78 Å². The van der Waals surface area contributed by atoms with E-state index in [1.807, 2.05) is 42.5 Å². The Labute approximate surface area is 115 Å². The molecular weight excluding hydrogens is 256 g/mol. The van der Waals surface area contributed by atoms with Crippen LogP contribution in [0, 0.1) is 11.6 Å². The number of fused-ring (bicyclic) bond motifs is 1. The Hall–Kier alpha value is -2.26. The minimum atomic E-state index is -0.685. The maximum absolute atomic E-state index is 13.8. The predicted octanol–water partition coefficient (Wildman–Crippen LogP) is 4.17. The Morgan fingerprint density at radius 3 is 2.35 bits per heavy atom. The molecule has 0 heterocycles. The van der Waals surface area contributed by atoms with Crippen molar-refractivity contribution in [1.82, 2.24) is 0 Å². The minimum absolute atomic E-state index is 0.167. The summed E-state index contributed by atoms with van der Waals surface area (Å²) in [6, 6.07) is 16.2. The Bertz CT molecular complexity index is 768. The third-order valence-electron chi connectivity index (χ3n) is 3.43. The first kappa shape index (κ1) is 12.8. The second-order valence-electron chi connectivity index (χ2n) is 4.75. The van der Waals surface area contributed by atoms with Gasteiger partial charge in [-0.05, 0) is 40.6 Å². The zero-order valence-electron chi connectivity index (χ0n) is 10.7. The predicted molar refractivity (Wildman–Crippen MR) is 76.3 cm³/mol. The van der Waals surface area contributed by atoms with Crippen LogP contribution in [0.1, 0.15) is 17.2 Å². The van der Waals surface area contributed by atoms with E-state index in [0.717, 1.165) is 34.5 Å². The highest BCUT2D eigenvalue weighted by molar-refractivity contribution is 5.83. The van der Waals surface area contributed by atoms with Gasteiger partial charge in [0.15, 0.2) is 0 Å². The highest BCUT2D eigenvalue weighted by Gasteiger charge is 2.14. The third-order valence-corrected chi connectivity index (χ3v) is 3.43. The smallest absolute Gasteiger partial charge is 0.128 e. The Balaban J connectivity index is 2.07. The standard InChI is InChI=1S/C17H13F2N/c18-14-7-8-16(19)15(10-14)17(20)13-6-5-11-3-1-2-4-12(11)9-13/h1-10,17H,20H2. The first-order valence-corrected chi connectivity index (χ1v) is 6.34. The zero-order chi connectivity index (χ0) is 14.1. The van der Waals surface area contributed by atoms with Crippen LogP contribution in [0.2, 0.25) is 0 Å². The molecule has 0 aliphatic rings. The number of hydrogen-bond acceptors (Lipinski definition) is 1. The first-order chi connectivity index (χ1) is 9.65. The summed E-state index contributed by atoms with van der Waals surface area (Å²) < 4.78 is 27.0. The minimum Gasteiger partial charge on any atom is -0.320 e. The summed E-state index contributed by atoms with van der Waals surface area (Å²) in [5.41, 5.74) is 6.99. The van der Waals surface area contributed by atoms with Gasteiger partial charge in [0.1, 0.15) is 11.6 Å². The molecule has 1 unspecified atom stereocenters. The van der Waals surface area contributed by atoms with Gasteiger partial charge in [-0.15, -0.1) is 0 Å². The monoisotopic (exact) mass is 269 g/mol. The molecule has 0 bridgehead atoms. The van der Waals surface area contributed by atoms with E-state index in [-0.39, 0.29) is 5.56 Å². The molecule has 1 nitrogen and oxygen atoms in total. The molecule has 3 aromatic rings. The van der Waals surface area contributed by atoms with Crippen LogP contribution in [-0.2, 0) is 0 Å². The van der Waals surface area contributed by atoms with Crippen molar-refractivity contribution < 1.29 is 8.78 Å². The van der Waals surface area contributed by atoms with Crippen LogP contribution in [0.25, 0.3) is 10.8 Å². The van der Waals surface area contributed by atoms with Crippen molar-refractivity contribution in [2.75, 3.05) is 0 Å². The van der Waals surface area contributed by atoms with Crippen LogP contribution < -0.4 is 5.73 Å². The Kier molecular flexibility index (Phi) is 3.20. The molecule has 0 spiro atoms. The van der Waals surface area contributed by atoms with Crippen molar-refractivity contribution in [3.05, 3.63) is 83.4 Å². The molecule has 0 fully saturated rings.